The molecule has 1 atom stereocenters. The Kier molecular flexibility index (Phi) is 8.68. The molecule has 3 aromatic rings. The molecular formula is C26H33ClN6O7S. The molecule has 1 saturated heterocycles. The van der Waals surface area contributed by atoms with Gasteiger partial charge in [-0.05, 0) is 31.3 Å². The third kappa shape index (κ3) is 6.12. The number of likely N-dealkylation sites (N-methyl/N-ethyl adjacent to an activating group) is 1. The number of oxazole rings is 1. The fourth-order valence-corrected chi connectivity index (χ4v) is 6.98. The average molecular weight is 609 g/mol. The molecule has 0 bridgehead atoms. The highest BCUT2D eigenvalue weighted by molar-refractivity contribution is 7.89. The lowest BCUT2D eigenvalue weighted by molar-refractivity contribution is -0.133. The Bertz CT molecular complexity index is 1530. The van der Waals surface area contributed by atoms with Gasteiger partial charge in [0, 0.05) is 68.0 Å². The number of aromatic amines is 1. The first-order valence-electron chi connectivity index (χ1n) is 13.4. The van der Waals surface area contributed by atoms with Crippen molar-refractivity contribution in [2.24, 2.45) is 0 Å². The Hall–Kier alpha value is -3.01. The fourth-order valence-electron chi connectivity index (χ4n) is 5.31. The Labute approximate surface area is 242 Å². The molecule has 15 heteroatoms. The molecule has 1 unspecified atom stereocenters. The van der Waals surface area contributed by atoms with Gasteiger partial charge in [-0.3, -0.25) is 14.5 Å². The summed E-state index contributed by atoms with van der Waals surface area (Å²) in [4.78, 5) is 39.0. The summed E-state index contributed by atoms with van der Waals surface area (Å²) < 4.78 is 34.4. The predicted octanol–water partition coefficient (Wildman–Crippen LogP) is 0.516. The quantitative estimate of drug-likeness (QED) is 0.314. The van der Waals surface area contributed by atoms with Crippen molar-refractivity contribution in [1.29, 1.82) is 0 Å². The van der Waals surface area contributed by atoms with Gasteiger partial charge in [0.25, 0.3) is 15.9 Å². The second-order valence-electron chi connectivity index (χ2n) is 10.3. The zero-order valence-corrected chi connectivity index (χ0v) is 24.2. The number of aliphatic hydroxyl groups excluding tert-OH is 2. The molecule has 2 amide bonds. The number of carbonyl (C=O) groups is 2. The third-order valence-electron chi connectivity index (χ3n) is 7.49. The van der Waals surface area contributed by atoms with Crippen molar-refractivity contribution in [3.63, 3.8) is 0 Å². The summed E-state index contributed by atoms with van der Waals surface area (Å²) in [6.45, 7) is 0.554. The second kappa shape index (κ2) is 12.1. The van der Waals surface area contributed by atoms with Crippen molar-refractivity contribution in [2.75, 3.05) is 59.5 Å². The Balaban J connectivity index is 1.42. The van der Waals surface area contributed by atoms with E-state index in [4.69, 9.17) is 16.0 Å². The van der Waals surface area contributed by atoms with E-state index in [0.717, 1.165) is 12.2 Å². The van der Waals surface area contributed by atoms with Crippen LogP contribution in [0.2, 0.25) is 5.02 Å². The molecular weight excluding hydrogens is 576 g/mol. The molecule has 5 rings (SSSR count). The highest BCUT2D eigenvalue weighted by atomic mass is 35.5. The number of hydrogen-bond acceptors (Lipinski definition) is 9. The number of amides is 2. The summed E-state index contributed by atoms with van der Waals surface area (Å²) in [5, 5.41) is 19.9. The first kappa shape index (κ1) is 29.5. The number of halogens is 1. The van der Waals surface area contributed by atoms with Crippen molar-refractivity contribution in [3.8, 4) is 0 Å². The van der Waals surface area contributed by atoms with Crippen LogP contribution in [-0.4, -0.2) is 125 Å². The largest absolute Gasteiger partial charge is 0.436 e. The van der Waals surface area contributed by atoms with Crippen LogP contribution in [0.5, 0.6) is 0 Å². The van der Waals surface area contributed by atoms with E-state index in [0.29, 0.717) is 34.7 Å². The smallest absolute Gasteiger partial charge is 0.310 e. The minimum absolute atomic E-state index is 0.000323. The molecule has 0 saturated carbocycles. The number of nitrogens with one attached hydrogen (secondary N) is 1. The fraction of sp³-hybridized carbons (Fsp3) is 0.500. The van der Waals surface area contributed by atoms with Crippen molar-refractivity contribution in [2.45, 2.75) is 30.5 Å². The molecule has 222 valence electrons. The average Bonchev–Trinajstić information content (AvgIpc) is 3.56. The lowest BCUT2D eigenvalue weighted by Gasteiger charge is -2.40. The van der Waals surface area contributed by atoms with Gasteiger partial charge in [0.15, 0.2) is 0 Å². The van der Waals surface area contributed by atoms with Crippen LogP contribution in [0.25, 0.3) is 10.9 Å². The number of piperazine rings is 1. The Morgan fingerprint density at radius 2 is 1.93 bits per heavy atom. The van der Waals surface area contributed by atoms with Crippen molar-refractivity contribution in [1.82, 2.24) is 29.0 Å². The molecule has 1 fully saturated rings. The molecule has 41 heavy (non-hydrogen) atoms. The van der Waals surface area contributed by atoms with Crippen molar-refractivity contribution >= 4 is 44.3 Å². The van der Waals surface area contributed by atoms with Crippen LogP contribution in [0.4, 0.5) is 0 Å². The minimum Gasteiger partial charge on any atom is -0.436 e. The molecule has 0 radical (unpaired) electrons. The van der Waals surface area contributed by atoms with Crippen LogP contribution >= 0.6 is 11.6 Å². The molecule has 0 spiro atoms. The van der Waals surface area contributed by atoms with Crippen LogP contribution in [0.3, 0.4) is 0 Å². The lowest BCUT2D eigenvalue weighted by atomic mass is 10.1. The number of rotatable bonds is 9. The lowest BCUT2D eigenvalue weighted by Crippen LogP contribution is -2.57. The van der Waals surface area contributed by atoms with Gasteiger partial charge in [0.05, 0.1) is 31.5 Å². The third-order valence-corrected chi connectivity index (χ3v) is 9.51. The summed E-state index contributed by atoms with van der Waals surface area (Å²) in [6, 6.07) is 5.68. The standard InChI is InChI=1S/C26H33ClN6O7S/c1-30-5-4-21-22(16-30)40-25(29-21)26(37)33-7-6-32(15-19(33)14-24(36)31(8-10-34)9-11-35)41(38,39)23-13-17-12-18(27)2-3-20(17)28-23/h2-3,12-13,19,28,34-35H,4-11,14-16H2,1H3. The van der Waals surface area contributed by atoms with Crippen LogP contribution in [0, 0.1) is 0 Å². The van der Waals surface area contributed by atoms with Gasteiger partial charge in [-0.15, -0.1) is 0 Å². The van der Waals surface area contributed by atoms with E-state index < -0.39 is 27.9 Å². The SMILES string of the molecule is CN1CCc2nc(C(=O)N3CCN(S(=O)(=O)c4cc5cc(Cl)ccc5[nH]4)CC3CC(=O)N(CCO)CCO)oc2C1. The maximum atomic E-state index is 13.7. The Morgan fingerprint density at radius 1 is 1.17 bits per heavy atom. The zero-order valence-electron chi connectivity index (χ0n) is 22.6. The van der Waals surface area contributed by atoms with Crippen LogP contribution in [0.15, 0.2) is 33.7 Å². The zero-order chi connectivity index (χ0) is 29.3. The van der Waals surface area contributed by atoms with E-state index in [-0.39, 0.29) is 63.3 Å². The monoisotopic (exact) mass is 608 g/mol. The first-order valence-corrected chi connectivity index (χ1v) is 15.2. The summed E-state index contributed by atoms with van der Waals surface area (Å²) >= 11 is 6.07. The van der Waals surface area contributed by atoms with Gasteiger partial charge in [-0.1, -0.05) is 11.6 Å². The molecule has 2 aliphatic rings. The van der Waals surface area contributed by atoms with Gasteiger partial charge in [0.2, 0.25) is 5.91 Å². The number of hydrogen-bond donors (Lipinski definition) is 3. The maximum absolute atomic E-state index is 13.7. The number of nitrogens with zero attached hydrogens (tertiary/aromatic N) is 5. The second-order valence-corrected chi connectivity index (χ2v) is 12.6. The predicted molar refractivity (Wildman–Crippen MR) is 149 cm³/mol. The van der Waals surface area contributed by atoms with E-state index in [1.807, 2.05) is 7.05 Å². The highest BCUT2D eigenvalue weighted by Gasteiger charge is 2.40. The van der Waals surface area contributed by atoms with E-state index in [2.05, 4.69) is 14.9 Å². The van der Waals surface area contributed by atoms with Crippen LogP contribution < -0.4 is 0 Å². The summed E-state index contributed by atoms with van der Waals surface area (Å²) in [5.41, 5.74) is 1.33. The minimum atomic E-state index is -4.02. The Morgan fingerprint density at radius 3 is 2.66 bits per heavy atom. The van der Waals surface area contributed by atoms with Crippen LogP contribution in [-0.2, 0) is 27.8 Å². The molecule has 4 heterocycles. The topological polar surface area (TPSA) is 164 Å². The number of H-pyrrole nitrogens is 1. The van der Waals surface area contributed by atoms with Crippen molar-refractivity contribution in [3.05, 3.63) is 46.6 Å². The van der Waals surface area contributed by atoms with Crippen molar-refractivity contribution < 1.29 is 32.6 Å². The summed E-state index contributed by atoms with van der Waals surface area (Å²) in [6.07, 6.45) is 0.423. The number of sulfonamides is 1. The number of aliphatic hydroxyl groups is 2. The van der Waals surface area contributed by atoms with E-state index in [1.54, 1.807) is 18.2 Å². The molecule has 2 aromatic heterocycles. The first-order chi connectivity index (χ1) is 19.6. The molecule has 3 N–H and O–H groups in total. The number of aromatic nitrogens is 2. The summed E-state index contributed by atoms with van der Waals surface area (Å²) in [5.74, 6) is -0.419. The number of fused-ring (bicyclic) bond motifs is 2. The summed E-state index contributed by atoms with van der Waals surface area (Å²) in [7, 11) is -2.08. The number of benzene rings is 1. The molecule has 1 aromatic carbocycles. The van der Waals surface area contributed by atoms with E-state index in [1.165, 1.54) is 20.2 Å². The maximum Gasteiger partial charge on any atom is 0.310 e. The van der Waals surface area contributed by atoms with E-state index >= 15 is 0 Å². The van der Waals surface area contributed by atoms with Crippen LogP contribution in [0.1, 0.15) is 28.6 Å². The molecule has 0 aliphatic carbocycles. The van der Waals surface area contributed by atoms with E-state index in [9.17, 15) is 28.2 Å². The van der Waals surface area contributed by atoms with Gasteiger partial charge in [-0.2, -0.15) is 4.31 Å². The van der Waals surface area contributed by atoms with Gasteiger partial charge in [0.1, 0.15) is 10.8 Å². The van der Waals surface area contributed by atoms with Gasteiger partial charge in [-0.25, -0.2) is 13.4 Å². The normalized spacial score (nSPS) is 18.5. The van der Waals surface area contributed by atoms with Gasteiger partial charge >= 0.3 is 5.91 Å². The van der Waals surface area contributed by atoms with Gasteiger partial charge < -0.3 is 29.4 Å². The molecule has 2 aliphatic heterocycles. The number of carbonyl (C=O) groups excluding carboxylic acids is 2. The highest BCUT2D eigenvalue weighted by Crippen LogP contribution is 2.28. The molecule has 13 nitrogen and oxygen atoms in total.